The van der Waals surface area contributed by atoms with Gasteiger partial charge in [0.2, 0.25) is 6.71 Å². The molecular formula is C40H26BNO. The topological polar surface area (TPSA) is 12.5 Å². The first-order valence-corrected chi connectivity index (χ1v) is 14.8. The van der Waals surface area contributed by atoms with Crippen molar-refractivity contribution in [1.29, 1.82) is 0 Å². The first kappa shape index (κ1) is 24.1. The van der Waals surface area contributed by atoms with E-state index in [1.54, 1.807) is 0 Å². The van der Waals surface area contributed by atoms with Crippen LogP contribution in [-0.2, 0) is 0 Å². The lowest BCUT2D eigenvalue weighted by molar-refractivity contribution is 0.493. The Bertz CT molecular complexity index is 2230. The summed E-state index contributed by atoms with van der Waals surface area (Å²) in [6, 6.07) is 56.6. The van der Waals surface area contributed by atoms with Crippen molar-refractivity contribution >= 4 is 72.5 Å². The maximum Gasteiger partial charge on any atom is 0.247 e. The number of nitrogens with zero attached hydrogens (tertiary/aromatic N) is 1. The minimum absolute atomic E-state index is 0.0532. The molecule has 0 atom stereocenters. The van der Waals surface area contributed by atoms with Crippen LogP contribution >= 0.6 is 0 Å². The van der Waals surface area contributed by atoms with E-state index in [0.717, 1.165) is 28.6 Å². The van der Waals surface area contributed by atoms with Gasteiger partial charge in [0.15, 0.2) is 0 Å². The van der Waals surface area contributed by atoms with Gasteiger partial charge >= 0.3 is 0 Å². The molecule has 0 N–H and O–H groups in total. The van der Waals surface area contributed by atoms with Crippen LogP contribution in [0, 0.1) is 0 Å². The highest BCUT2D eigenvalue weighted by molar-refractivity contribution is 6.97. The number of anilines is 3. The minimum Gasteiger partial charge on any atom is -0.457 e. The zero-order valence-electron chi connectivity index (χ0n) is 23.4. The van der Waals surface area contributed by atoms with Crippen LogP contribution in [0.25, 0.3) is 32.3 Å². The second-order valence-electron chi connectivity index (χ2n) is 11.3. The first-order valence-electron chi connectivity index (χ1n) is 14.8. The smallest absolute Gasteiger partial charge is 0.247 e. The molecule has 0 saturated carbocycles. The average molecular weight is 547 g/mol. The first-order chi connectivity index (χ1) is 21.3. The number of para-hydroxylation sites is 3. The zero-order valence-corrected chi connectivity index (χ0v) is 23.4. The van der Waals surface area contributed by atoms with Crippen molar-refractivity contribution in [2.24, 2.45) is 0 Å². The van der Waals surface area contributed by atoms with Gasteiger partial charge < -0.3 is 9.64 Å². The SMILES string of the molecule is c1ccc(B2c3ccccc3Oc3ccc4ccc5c(N(c6ccccc6)c6ccccc6)ccc6cc2c3c4c65)cc1. The van der Waals surface area contributed by atoms with Crippen LogP contribution in [0.15, 0.2) is 158 Å². The van der Waals surface area contributed by atoms with E-state index in [9.17, 15) is 0 Å². The van der Waals surface area contributed by atoms with E-state index in [2.05, 4.69) is 163 Å². The van der Waals surface area contributed by atoms with Gasteiger partial charge in [0.1, 0.15) is 11.5 Å². The third-order valence-corrected chi connectivity index (χ3v) is 8.90. The summed E-state index contributed by atoms with van der Waals surface area (Å²) < 4.78 is 6.78. The predicted molar refractivity (Wildman–Crippen MR) is 182 cm³/mol. The summed E-state index contributed by atoms with van der Waals surface area (Å²) in [5.41, 5.74) is 7.16. The maximum absolute atomic E-state index is 6.78. The molecule has 1 aliphatic heterocycles. The molecule has 0 aromatic heterocycles. The standard InChI is InChI=1S/C40H26BNO/c1-4-12-29(13-5-1)41-33-18-10-11-19-36(33)43-37-25-22-27-20-23-32-35(24-21-28-26-34(41)40(37)39(27)38(28)32)42(30-14-6-2-7-15-30)31-16-8-3-9-17-31/h1-26H. The van der Waals surface area contributed by atoms with Crippen molar-refractivity contribution in [3.8, 4) is 11.5 Å². The summed E-state index contributed by atoms with van der Waals surface area (Å²) in [6.07, 6.45) is 0. The fourth-order valence-corrected chi connectivity index (χ4v) is 7.09. The molecule has 8 aromatic rings. The average Bonchev–Trinajstić information content (AvgIpc) is 3.21. The Balaban J connectivity index is 1.39. The summed E-state index contributed by atoms with van der Waals surface area (Å²) in [5, 5.41) is 7.42. The van der Waals surface area contributed by atoms with Gasteiger partial charge in [0.25, 0.3) is 0 Å². The van der Waals surface area contributed by atoms with Crippen LogP contribution in [-0.4, -0.2) is 6.71 Å². The van der Waals surface area contributed by atoms with E-state index in [1.807, 2.05) is 0 Å². The molecule has 200 valence electrons. The Morgan fingerprint density at radius 2 is 1.07 bits per heavy atom. The van der Waals surface area contributed by atoms with Gasteiger partial charge in [-0.2, -0.15) is 0 Å². The van der Waals surface area contributed by atoms with Gasteiger partial charge in [-0.05, 0) is 64.1 Å². The second-order valence-corrected chi connectivity index (χ2v) is 11.3. The molecular weight excluding hydrogens is 521 g/mol. The largest absolute Gasteiger partial charge is 0.457 e. The molecule has 0 saturated heterocycles. The molecule has 2 nitrogen and oxygen atoms in total. The highest BCUT2D eigenvalue weighted by Gasteiger charge is 2.32. The molecule has 0 bridgehead atoms. The fraction of sp³-hybridized carbons (Fsp3) is 0. The maximum atomic E-state index is 6.78. The Labute approximate surface area is 250 Å². The van der Waals surface area contributed by atoms with Crippen LogP contribution in [0.2, 0.25) is 0 Å². The van der Waals surface area contributed by atoms with Gasteiger partial charge in [0, 0.05) is 27.5 Å². The normalized spacial score (nSPS) is 12.3. The fourth-order valence-electron chi connectivity index (χ4n) is 7.09. The van der Waals surface area contributed by atoms with E-state index in [-0.39, 0.29) is 6.71 Å². The van der Waals surface area contributed by atoms with Gasteiger partial charge in [-0.3, -0.25) is 0 Å². The molecule has 0 radical (unpaired) electrons. The predicted octanol–water partition coefficient (Wildman–Crippen LogP) is 8.68. The second kappa shape index (κ2) is 9.50. The monoisotopic (exact) mass is 547 g/mol. The van der Waals surface area contributed by atoms with E-state index < -0.39 is 0 Å². The van der Waals surface area contributed by atoms with Crippen LogP contribution in [0.5, 0.6) is 11.5 Å². The Morgan fingerprint density at radius 3 is 1.81 bits per heavy atom. The molecule has 0 spiro atoms. The van der Waals surface area contributed by atoms with E-state index in [1.165, 1.54) is 48.7 Å². The van der Waals surface area contributed by atoms with Crippen LogP contribution in [0.4, 0.5) is 17.1 Å². The van der Waals surface area contributed by atoms with Gasteiger partial charge in [-0.15, -0.1) is 0 Å². The number of benzene rings is 8. The lowest BCUT2D eigenvalue weighted by Crippen LogP contribution is -2.51. The van der Waals surface area contributed by atoms with Crippen molar-refractivity contribution < 1.29 is 4.74 Å². The van der Waals surface area contributed by atoms with Gasteiger partial charge in [0.05, 0.1) is 5.69 Å². The molecule has 3 heteroatoms. The summed E-state index contributed by atoms with van der Waals surface area (Å²) in [7, 11) is 0. The van der Waals surface area contributed by atoms with Crippen LogP contribution in [0.1, 0.15) is 0 Å². The van der Waals surface area contributed by atoms with Crippen molar-refractivity contribution in [2.45, 2.75) is 0 Å². The number of hydrogen-bond donors (Lipinski definition) is 0. The van der Waals surface area contributed by atoms with Crippen LogP contribution < -0.4 is 26.0 Å². The number of ether oxygens (including phenoxy) is 1. The summed E-state index contributed by atoms with van der Waals surface area (Å²) in [6.45, 7) is 0.0532. The molecule has 8 aromatic carbocycles. The summed E-state index contributed by atoms with van der Waals surface area (Å²) in [5.74, 6) is 1.83. The number of hydrogen-bond acceptors (Lipinski definition) is 2. The van der Waals surface area contributed by atoms with Crippen LogP contribution in [0.3, 0.4) is 0 Å². The van der Waals surface area contributed by atoms with E-state index in [0.29, 0.717) is 0 Å². The highest BCUT2D eigenvalue weighted by Crippen LogP contribution is 2.45. The van der Waals surface area contributed by atoms with Gasteiger partial charge in [-0.25, -0.2) is 0 Å². The third-order valence-electron chi connectivity index (χ3n) is 8.90. The van der Waals surface area contributed by atoms with Crippen molar-refractivity contribution in [1.82, 2.24) is 0 Å². The Hall–Kier alpha value is -5.54. The van der Waals surface area contributed by atoms with Gasteiger partial charge in [-0.1, -0.05) is 126 Å². The quantitative estimate of drug-likeness (QED) is 0.162. The molecule has 1 aliphatic rings. The molecule has 9 rings (SSSR count). The Kier molecular flexibility index (Phi) is 5.33. The van der Waals surface area contributed by atoms with Crippen molar-refractivity contribution in [3.05, 3.63) is 158 Å². The molecule has 0 aliphatic carbocycles. The third kappa shape index (κ3) is 3.68. The molecule has 1 heterocycles. The summed E-state index contributed by atoms with van der Waals surface area (Å²) in [4.78, 5) is 2.37. The van der Waals surface area contributed by atoms with E-state index >= 15 is 0 Å². The van der Waals surface area contributed by atoms with E-state index in [4.69, 9.17) is 4.74 Å². The molecule has 0 fully saturated rings. The lowest BCUT2D eigenvalue weighted by Gasteiger charge is -2.28. The Morgan fingerprint density at radius 1 is 0.442 bits per heavy atom. The lowest BCUT2D eigenvalue weighted by atomic mass is 9.36. The molecule has 0 unspecified atom stereocenters. The number of fused-ring (bicyclic) bond motifs is 1. The molecule has 43 heavy (non-hydrogen) atoms. The molecule has 0 amide bonds. The van der Waals surface area contributed by atoms with Crippen molar-refractivity contribution in [3.63, 3.8) is 0 Å². The summed E-state index contributed by atoms with van der Waals surface area (Å²) >= 11 is 0. The highest BCUT2D eigenvalue weighted by atomic mass is 16.5. The van der Waals surface area contributed by atoms with Crippen molar-refractivity contribution in [2.75, 3.05) is 4.90 Å². The number of rotatable bonds is 4. The minimum atomic E-state index is 0.0532. The zero-order chi connectivity index (χ0) is 28.3.